The van der Waals surface area contributed by atoms with Gasteiger partial charge >= 0.3 is 0 Å². The van der Waals surface area contributed by atoms with E-state index in [4.69, 9.17) is 0 Å². The van der Waals surface area contributed by atoms with Gasteiger partial charge in [0.15, 0.2) is 0 Å². The molecule has 0 spiro atoms. The summed E-state index contributed by atoms with van der Waals surface area (Å²) in [4.78, 5) is 7.16. The predicted molar refractivity (Wildman–Crippen MR) is 73.4 cm³/mol. The van der Waals surface area contributed by atoms with Gasteiger partial charge in [-0.2, -0.15) is 0 Å². The van der Waals surface area contributed by atoms with Crippen LogP contribution in [0.3, 0.4) is 0 Å². The number of hydrogen-bond donors (Lipinski definition) is 1. The first kappa shape index (κ1) is 13.0. The lowest BCUT2D eigenvalue weighted by atomic mass is 9.84. The van der Waals surface area contributed by atoms with Crippen LogP contribution in [-0.4, -0.2) is 35.6 Å². The summed E-state index contributed by atoms with van der Waals surface area (Å²) in [5.41, 5.74) is 1.46. The van der Waals surface area contributed by atoms with Gasteiger partial charge in [0.25, 0.3) is 0 Å². The second-order valence-electron chi connectivity index (χ2n) is 5.94. The lowest BCUT2D eigenvalue weighted by molar-refractivity contribution is 0.0688. The van der Waals surface area contributed by atoms with Gasteiger partial charge in [0.1, 0.15) is 5.01 Å². The normalized spacial score (nSPS) is 22.9. The molecule has 0 aromatic carbocycles. The summed E-state index contributed by atoms with van der Waals surface area (Å²) in [6.07, 6.45) is 0. The Hall–Kier alpha value is -0.450. The first-order valence-corrected chi connectivity index (χ1v) is 7.20. The number of rotatable bonds is 2. The van der Waals surface area contributed by atoms with Crippen molar-refractivity contribution in [3.8, 4) is 0 Å². The summed E-state index contributed by atoms with van der Waals surface area (Å²) in [5, 5.41) is 6.89. The van der Waals surface area contributed by atoms with Crippen molar-refractivity contribution in [1.29, 1.82) is 0 Å². The Morgan fingerprint density at radius 1 is 1.53 bits per heavy atom. The van der Waals surface area contributed by atoms with Crippen molar-refractivity contribution < 1.29 is 0 Å². The molecule has 1 fully saturated rings. The number of piperazine rings is 1. The Kier molecular flexibility index (Phi) is 3.85. The fraction of sp³-hybridized carbons (Fsp3) is 0.769. The molecule has 1 atom stereocenters. The molecule has 2 rings (SSSR count). The quantitative estimate of drug-likeness (QED) is 0.876. The fourth-order valence-corrected chi connectivity index (χ4v) is 3.23. The summed E-state index contributed by atoms with van der Waals surface area (Å²) >= 11 is 1.78. The topological polar surface area (TPSA) is 28.2 Å². The number of hydrogen-bond acceptors (Lipinski definition) is 4. The molecule has 1 N–H and O–H groups in total. The molecule has 0 saturated carbocycles. The average molecular weight is 253 g/mol. The van der Waals surface area contributed by atoms with Crippen molar-refractivity contribution >= 4 is 11.3 Å². The average Bonchev–Trinajstić information content (AvgIpc) is 2.63. The van der Waals surface area contributed by atoms with Gasteiger partial charge in [-0.3, -0.25) is 4.90 Å². The van der Waals surface area contributed by atoms with Crippen molar-refractivity contribution in [2.45, 2.75) is 40.3 Å². The third kappa shape index (κ3) is 3.27. The molecular formula is C13H23N3S. The molecule has 96 valence electrons. The van der Waals surface area contributed by atoms with Crippen LogP contribution in [0, 0.1) is 12.3 Å². The number of nitrogens with zero attached hydrogens (tertiary/aromatic N) is 2. The van der Waals surface area contributed by atoms with E-state index in [2.05, 4.69) is 48.3 Å². The van der Waals surface area contributed by atoms with E-state index >= 15 is 0 Å². The SMILES string of the molecule is Cc1csc(CN2CCNCC2C(C)(C)C)n1. The Morgan fingerprint density at radius 3 is 2.88 bits per heavy atom. The zero-order chi connectivity index (χ0) is 12.5. The Labute approximate surface area is 108 Å². The highest BCUT2D eigenvalue weighted by Gasteiger charge is 2.32. The lowest BCUT2D eigenvalue weighted by Crippen LogP contribution is -2.56. The Morgan fingerprint density at radius 2 is 2.29 bits per heavy atom. The molecule has 1 aromatic heterocycles. The molecule has 1 aromatic rings. The van der Waals surface area contributed by atoms with Crippen molar-refractivity contribution in [2.75, 3.05) is 19.6 Å². The maximum atomic E-state index is 4.58. The highest BCUT2D eigenvalue weighted by molar-refractivity contribution is 7.09. The van der Waals surface area contributed by atoms with Gasteiger partial charge in [-0.05, 0) is 12.3 Å². The molecule has 1 unspecified atom stereocenters. The third-order valence-corrected chi connectivity index (χ3v) is 4.31. The van der Waals surface area contributed by atoms with E-state index in [-0.39, 0.29) is 0 Å². The van der Waals surface area contributed by atoms with Gasteiger partial charge in [0, 0.05) is 36.8 Å². The minimum absolute atomic E-state index is 0.319. The Bertz CT molecular complexity index is 367. The van der Waals surface area contributed by atoms with E-state index in [0.29, 0.717) is 11.5 Å². The van der Waals surface area contributed by atoms with Crippen LogP contribution in [0.25, 0.3) is 0 Å². The zero-order valence-corrected chi connectivity index (χ0v) is 12.1. The fourth-order valence-electron chi connectivity index (χ4n) is 2.44. The highest BCUT2D eigenvalue weighted by atomic mass is 32.1. The molecule has 3 nitrogen and oxygen atoms in total. The van der Waals surface area contributed by atoms with Crippen molar-refractivity contribution in [3.63, 3.8) is 0 Å². The monoisotopic (exact) mass is 253 g/mol. The van der Waals surface area contributed by atoms with Crippen molar-refractivity contribution in [3.05, 3.63) is 16.1 Å². The van der Waals surface area contributed by atoms with E-state index in [0.717, 1.165) is 31.9 Å². The lowest BCUT2D eigenvalue weighted by Gasteiger charge is -2.43. The number of thiazole rings is 1. The van der Waals surface area contributed by atoms with Crippen molar-refractivity contribution in [2.24, 2.45) is 5.41 Å². The van der Waals surface area contributed by atoms with Gasteiger partial charge < -0.3 is 5.32 Å². The summed E-state index contributed by atoms with van der Waals surface area (Å²) < 4.78 is 0. The minimum Gasteiger partial charge on any atom is -0.314 e. The second-order valence-corrected chi connectivity index (χ2v) is 6.88. The largest absolute Gasteiger partial charge is 0.314 e. The molecular weight excluding hydrogens is 230 g/mol. The smallest absolute Gasteiger partial charge is 0.107 e. The first-order valence-electron chi connectivity index (χ1n) is 6.32. The summed E-state index contributed by atoms with van der Waals surface area (Å²) in [6, 6.07) is 0.598. The van der Waals surface area contributed by atoms with E-state index in [1.807, 2.05) is 0 Å². The molecule has 17 heavy (non-hydrogen) atoms. The van der Waals surface area contributed by atoms with Gasteiger partial charge in [0.05, 0.1) is 6.54 Å². The molecule has 1 aliphatic heterocycles. The maximum absolute atomic E-state index is 4.58. The van der Waals surface area contributed by atoms with Crippen LogP contribution in [0.5, 0.6) is 0 Å². The van der Waals surface area contributed by atoms with E-state index in [9.17, 15) is 0 Å². The van der Waals surface area contributed by atoms with E-state index in [1.54, 1.807) is 11.3 Å². The summed E-state index contributed by atoms with van der Waals surface area (Å²) in [5.74, 6) is 0. The number of aromatic nitrogens is 1. The van der Waals surface area contributed by atoms with E-state index < -0.39 is 0 Å². The minimum atomic E-state index is 0.319. The zero-order valence-electron chi connectivity index (χ0n) is 11.3. The molecule has 0 radical (unpaired) electrons. The summed E-state index contributed by atoms with van der Waals surface area (Å²) in [6.45, 7) is 13.4. The molecule has 1 saturated heterocycles. The molecule has 2 heterocycles. The standard InChI is InChI=1S/C13H23N3S/c1-10-9-17-12(15-10)8-16-6-5-14-7-11(16)13(2,3)4/h9,11,14H,5-8H2,1-4H3. The van der Waals surface area contributed by atoms with Crippen LogP contribution in [-0.2, 0) is 6.54 Å². The molecule has 0 amide bonds. The van der Waals surface area contributed by atoms with Crippen LogP contribution < -0.4 is 5.32 Å². The van der Waals surface area contributed by atoms with Crippen LogP contribution in [0.4, 0.5) is 0 Å². The molecule has 1 aliphatic rings. The van der Waals surface area contributed by atoms with Crippen molar-refractivity contribution in [1.82, 2.24) is 15.2 Å². The van der Waals surface area contributed by atoms with Crippen LogP contribution >= 0.6 is 11.3 Å². The number of nitrogens with one attached hydrogen (secondary N) is 1. The van der Waals surface area contributed by atoms with Crippen LogP contribution in [0.2, 0.25) is 0 Å². The Balaban J connectivity index is 2.06. The van der Waals surface area contributed by atoms with Gasteiger partial charge in [-0.1, -0.05) is 20.8 Å². The van der Waals surface area contributed by atoms with Gasteiger partial charge in [-0.15, -0.1) is 11.3 Å². The van der Waals surface area contributed by atoms with E-state index in [1.165, 1.54) is 5.01 Å². The number of aryl methyl sites for hydroxylation is 1. The first-order chi connectivity index (χ1) is 7.97. The summed E-state index contributed by atoms with van der Waals surface area (Å²) in [7, 11) is 0. The molecule has 0 bridgehead atoms. The second kappa shape index (κ2) is 5.04. The van der Waals surface area contributed by atoms with Gasteiger partial charge in [-0.25, -0.2) is 4.98 Å². The predicted octanol–water partition coefficient (Wildman–Crippen LogP) is 2.27. The van der Waals surface area contributed by atoms with Crippen LogP contribution in [0.1, 0.15) is 31.5 Å². The molecule has 0 aliphatic carbocycles. The van der Waals surface area contributed by atoms with Crippen LogP contribution in [0.15, 0.2) is 5.38 Å². The van der Waals surface area contributed by atoms with Gasteiger partial charge in [0.2, 0.25) is 0 Å². The third-order valence-electron chi connectivity index (χ3n) is 3.36. The maximum Gasteiger partial charge on any atom is 0.107 e. The highest BCUT2D eigenvalue weighted by Crippen LogP contribution is 2.27. The molecule has 4 heteroatoms.